The largest absolute Gasteiger partial charge is 0.340 e. The van der Waals surface area contributed by atoms with E-state index in [4.69, 9.17) is 11.6 Å². The standard InChI is InChI=1S/C19H29ClN6O/c1-13(10-26-16(4)18(20)15(3)22-26)19(27)25-8-6-24(7-9-25)12-17-11-23(5)21-14(17)2/h11,13H,6-10,12H2,1-5H3. The quantitative estimate of drug-likeness (QED) is 0.782. The second-order valence-electron chi connectivity index (χ2n) is 7.58. The molecule has 1 atom stereocenters. The molecule has 2 aromatic heterocycles. The second kappa shape index (κ2) is 8.02. The van der Waals surface area contributed by atoms with Gasteiger partial charge in [0.05, 0.1) is 34.6 Å². The van der Waals surface area contributed by atoms with Gasteiger partial charge in [-0.25, -0.2) is 0 Å². The maximum Gasteiger partial charge on any atom is 0.227 e. The summed E-state index contributed by atoms with van der Waals surface area (Å²) < 4.78 is 3.71. The van der Waals surface area contributed by atoms with Gasteiger partial charge in [0.25, 0.3) is 0 Å². The average molecular weight is 393 g/mol. The van der Waals surface area contributed by atoms with Crippen LogP contribution in [-0.2, 0) is 24.9 Å². The van der Waals surface area contributed by atoms with Gasteiger partial charge < -0.3 is 4.90 Å². The van der Waals surface area contributed by atoms with Crippen LogP contribution < -0.4 is 0 Å². The molecule has 3 rings (SSSR count). The van der Waals surface area contributed by atoms with E-state index in [-0.39, 0.29) is 11.8 Å². The van der Waals surface area contributed by atoms with E-state index in [2.05, 4.69) is 21.3 Å². The maximum absolute atomic E-state index is 12.8. The van der Waals surface area contributed by atoms with E-state index in [1.807, 2.05) is 49.0 Å². The molecule has 0 aromatic carbocycles. The molecule has 0 saturated carbocycles. The molecule has 1 saturated heterocycles. The van der Waals surface area contributed by atoms with Gasteiger partial charge in [0.1, 0.15) is 0 Å². The van der Waals surface area contributed by atoms with Crippen molar-refractivity contribution in [1.29, 1.82) is 0 Å². The zero-order valence-corrected chi connectivity index (χ0v) is 17.6. The normalized spacial score (nSPS) is 16.7. The lowest BCUT2D eigenvalue weighted by Crippen LogP contribution is -2.50. The topological polar surface area (TPSA) is 59.2 Å². The summed E-state index contributed by atoms with van der Waals surface area (Å²) in [5.74, 6) is 0.0714. The minimum absolute atomic E-state index is 0.119. The van der Waals surface area contributed by atoms with Crippen molar-refractivity contribution in [2.45, 2.75) is 40.8 Å². The van der Waals surface area contributed by atoms with E-state index in [1.165, 1.54) is 5.56 Å². The minimum Gasteiger partial charge on any atom is -0.340 e. The number of carbonyl (C=O) groups excluding carboxylic acids is 1. The molecule has 1 aliphatic heterocycles. The highest BCUT2D eigenvalue weighted by atomic mass is 35.5. The number of aryl methyl sites for hydroxylation is 3. The number of halogens is 1. The van der Waals surface area contributed by atoms with Crippen LogP contribution in [0.25, 0.3) is 0 Å². The van der Waals surface area contributed by atoms with E-state index >= 15 is 0 Å². The number of rotatable bonds is 5. The lowest BCUT2D eigenvalue weighted by Gasteiger charge is -2.36. The second-order valence-corrected chi connectivity index (χ2v) is 7.96. The Kier molecular flexibility index (Phi) is 5.91. The lowest BCUT2D eigenvalue weighted by molar-refractivity contribution is -0.137. The fourth-order valence-electron chi connectivity index (χ4n) is 3.67. The van der Waals surface area contributed by atoms with Crippen LogP contribution in [0.4, 0.5) is 0 Å². The molecule has 1 unspecified atom stereocenters. The first-order valence-electron chi connectivity index (χ1n) is 9.46. The van der Waals surface area contributed by atoms with E-state index in [1.54, 1.807) is 0 Å². The molecule has 1 amide bonds. The summed E-state index contributed by atoms with van der Waals surface area (Å²) in [4.78, 5) is 17.2. The lowest BCUT2D eigenvalue weighted by atomic mass is 10.1. The molecule has 1 aliphatic rings. The first-order chi connectivity index (χ1) is 12.8. The number of carbonyl (C=O) groups is 1. The van der Waals surface area contributed by atoms with Crippen LogP contribution in [0.5, 0.6) is 0 Å². The monoisotopic (exact) mass is 392 g/mol. The van der Waals surface area contributed by atoms with E-state index in [0.717, 1.165) is 49.8 Å². The van der Waals surface area contributed by atoms with E-state index in [9.17, 15) is 4.79 Å². The summed E-state index contributed by atoms with van der Waals surface area (Å²) in [6, 6.07) is 0. The maximum atomic E-state index is 12.8. The number of hydrogen-bond donors (Lipinski definition) is 0. The molecule has 0 spiro atoms. The molecule has 148 valence electrons. The number of piperazine rings is 1. The van der Waals surface area contributed by atoms with Crippen LogP contribution in [0.1, 0.15) is 29.6 Å². The molecule has 27 heavy (non-hydrogen) atoms. The molecule has 3 heterocycles. The van der Waals surface area contributed by atoms with Gasteiger partial charge in [0.2, 0.25) is 5.91 Å². The van der Waals surface area contributed by atoms with E-state index < -0.39 is 0 Å². The SMILES string of the molecule is Cc1nn(C)cc1CN1CCN(C(=O)C(C)Cn2nc(C)c(Cl)c2C)CC1. The van der Waals surface area contributed by atoms with Gasteiger partial charge in [0, 0.05) is 51.5 Å². The first kappa shape index (κ1) is 19.9. The first-order valence-corrected chi connectivity index (χ1v) is 9.83. The van der Waals surface area contributed by atoms with Gasteiger partial charge in [0.15, 0.2) is 0 Å². The number of nitrogens with zero attached hydrogens (tertiary/aromatic N) is 6. The summed E-state index contributed by atoms with van der Waals surface area (Å²) in [6.07, 6.45) is 2.08. The van der Waals surface area contributed by atoms with Crippen LogP contribution in [-0.4, -0.2) is 61.4 Å². The predicted molar refractivity (Wildman–Crippen MR) is 106 cm³/mol. The Labute approximate surface area is 165 Å². The van der Waals surface area contributed by atoms with Crippen molar-refractivity contribution in [3.8, 4) is 0 Å². The fraction of sp³-hybridized carbons (Fsp3) is 0.632. The summed E-state index contributed by atoms with van der Waals surface area (Å²) in [6.45, 7) is 12.6. The van der Waals surface area contributed by atoms with Crippen LogP contribution in [0.2, 0.25) is 5.02 Å². The van der Waals surface area contributed by atoms with Crippen molar-refractivity contribution < 1.29 is 4.79 Å². The highest BCUT2D eigenvalue weighted by Crippen LogP contribution is 2.20. The van der Waals surface area contributed by atoms with Crippen LogP contribution in [0.3, 0.4) is 0 Å². The Morgan fingerprint density at radius 1 is 1.15 bits per heavy atom. The summed E-state index contributed by atoms with van der Waals surface area (Å²) >= 11 is 6.22. The van der Waals surface area contributed by atoms with Crippen LogP contribution in [0.15, 0.2) is 6.20 Å². The summed E-state index contributed by atoms with van der Waals surface area (Å²) in [7, 11) is 1.95. The highest BCUT2D eigenvalue weighted by molar-refractivity contribution is 6.31. The van der Waals surface area contributed by atoms with Crippen molar-refractivity contribution in [3.63, 3.8) is 0 Å². The smallest absolute Gasteiger partial charge is 0.227 e. The van der Waals surface area contributed by atoms with Crippen LogP contribution in [0, 0.1) is 26.7 Å². The summed E-state index contributed by atoms with van der Waals surface area (Å²) in [5, 5.41) is 9.54. The Hall–Kier alpha value is -1.86. The molecule has 2 aromatic rings. The van der Waals surface area contributed by atoms with E-state index in [0.29, 0.717) is 11.6 Å². The molecular formula is C19H29ClN6O. The van der Waals surface area contributed by atoms with Gasteiger partial charge >= 0.3 is 0 Å². The van der Waals surface area contributed by atoms with Crippen molar-refractivity contribution >= 4 is 17.5 Å². The van der Waals surface area contributed by atoms with Gasteiger partial charge in [-0.1, -0.05) is 18.5 Å². The third-order valence-corrected chi connectivity index (χ3v) is 5.90. The molecular weight excluding hydrogens is 364 g/mol. The number of aromatic nitrogens is 4. The number of amides is 1. The van der Waals surface area contributed by atoms with Crippen molar-refractivity contribution in [1.82, 2.24) is 29.4 Å². The Morgan fingerprint density at radius 3 is 2.33 bits per heavy atom. The third-order valence-electron chi connectivity index (χ3n) is 5.35. The number of hydrogen-bond acceptors (Lipinski definition) is 4. The minimum atomic E-state index is -0.119. The highest BCUT2D eigenvalue weighted by Gasteiger charge is 2.26. The molecule has 1 fully saturated rings. The van der Waals surface area contributed by atoms with Gasteiger partial charge in [-0.2, -0.15) is 10.2 Å². The van der Waals surface area contributed by atoms with Gasteiger partial charge in [-0.05, 0) is 20.8 Å². The molecule has 0 N–H and O–H groups in total. The van der Waals surface area contributed by atoms with Crippen molar-refractivity contribution in [2.75, 3.05) is 26.2 Å². The molecule has 0 radical (unpaired) electrons. The molecule has 8 heteroatoms. The Bertz CT molecular complexity index is 819. The fourth-order valence-corrected chi connectivity index (χ4v) is 3.81. The Balaban J connectivity index is 1.53. The van der Waals surface area contributed by atoms with Gasteiger partial charge in [-0.15, -0.1) is 0 Å². The Morgan fingerprint density at radius 2 is 1.81 bits per heavy atom. The van der Waals surface area contributed by atoms with Gasteiger partial charge in [-0.3, -0.25) is 19.1 Å². The average Bonchev–Trinajstić information content (AvgIpc) is 3.07. The molecule has 0 bridgehead atoms. The zero-order valence-electron chi connectivity index (χ0n) is 16.9. The van der Waals surface area contributed by atoms with Crippen molar-refractivity contribution in [3.05, 3.63) is 33.9 Å². The third kappa shape index (κ3) is 4.35. The molecule has 7 nitrogen and oxygen atoms in total. The van der Waals surface area contributed by atoms with Crippen LogP contribution >= 0.6 is 11.6 Å². The predicted octanol–water partition coefficient (Wildman–Crippen LogP) is 2.18. The summed E-state index contributed by atoms with van der Waals surface area (Å²) in [5.41, 5.74) is 4.07. The van der Waals surface area contributed by atoms with Crippen molar-refractivity contribution in [2.24, 2.45) is 13.0 Å². The zero-order chi connectivity index (χ0) is 19.7. The molecule has 0 aliphatic carbocycles.